The van der Waals surface area contributed by atoms with Crippen LogP contribution < -0.4 is 5.32 Å². The van der Waals surface area contributed by atoms with Gasteiger partial charge in [0.2, 0.25) is 0 Å². The van der Waals surface area contributed by atoms with E-state index in [2.05, 4.69) is 21.2 Å². The lowest BCUT2D eigenvalue weighted by Gasteiger charge is -2.07. The molecule has 1 heterocycles. The summed E-state index contributed by atoms with van der Waals surface area (Å²) >= 11 is 8.87. The van der Waals surface area contributed by atoms with E-state index in [1.807, 2.05) is 6.92 Å². The van der Waals surface area contributed by atoms with Gasteiger partial charge in [0, 0.05) is 11.9 Å². The normalized spacial score (nSPS) is 12.5. The molecule has 1 N–H and O–H groups in total. The fourth-order valence-electron chi connectivity index (χ4n) is 0.845. The maximum Gasteiger partial charge on any atom is 0.287 e. The first-order valence-corrected chi connectivity index (χ1v) is 5.73. The van der Waals surface area contributed by atoms with Crippen LogP contribution in [0, 0.1) is 5.92 Å². The molecule has 3 nitrogen and oxygen atoms in total. The van der Waals surface area contributed by atoms with E-state index < -0.39 is 0 Å². The third-order valence-electron chi connectivity index (χ3n) is 1.67. The quantitative estimate of drug-likeness (QED) is 0.862. The van der Waals surface area contributed by atoms with E-state index in [1.165, 1.54) is 0 Å². The van der Waals surface area contributed by atoms with Gasteiger partial charge >= 0.3 is 0 Å². The summed E-state index contributed by atoms with van der Waals surface area (Å²) in [6, 6.07) is 3.10. The summed E-state index contributed by atoms with van der Waals surface area (Å²) in [6.45, 7) is 2.65. The molecule has 1 aromatic heterocycles. The molecule has 14 heavy (non-hydrogen) atoms. The third kappa shape index (κ3) is 3.35. The van der Waals surface area contributed by atoms with Crippen molar-refractivity contribution >= 4 is 33.4 Å². The number of amides is 1. The van der Waals surface area contributed by atoms with Crippen LogP contribution in [0.2, 0.25) is 5.22 Å². The molecule has 1 aromatic rings. The first-order valence-electron chi connectivity index (χ1n) is 4.23. The maximum absolute atomic E-state index is 11.4. The van der Waals surface area contributed by atoms with Crippen LogP contribution in [-0.2, 0) is 0 Å². The molecule has 0 saturated heterocycles. The van der Waals surface area contributed by atoms with Crippen LogP contribution in [0.1, 0.15) is 17.5 Å². The van der Waals surface area contributed by atoms with E-state index in [1.54, 1.807) is 12.1 Å². The second kappa shape index (κ2) is 5.41. The topological polar surface area (TPSA) is 42.2 Å². The van der Waals surface area contributed by atoms with Crippen LogP contribution in [0.4, 0.5) is 0 Å². The number of alkyl halides is 1. The van der Waals surface area contributed by atoms with Crippen molar-refractivity contribution in [3.63, 3.8) is 0 Å². The Bertz CT molecular complexity index is 314. The summed E-state index contributed by atoms with van der Waals surface area (Å²) in [5, 5.41) is 3.82. The largest absolute Gasteiger partial charge is 0.440 e. The minimum atomic E-state index is -0.232. The molecule has 0 spiro atoms. The number of furan rings is 1. The van der Waals surface area contributed by atoms with E-state index >= 15 is 0 Å². The fraction of sp³-hybridized carbons (Fsp3) is 0.444. The molecule has 5 heteroatoms. The molecule has 1 rings (SSSR count). The number of hydrogen-bond donors (Lipinski definition) is 1. The first-order chi connectivity index (χ1) is 6.63. The van der Waals surface area contributed by atoms with Crippen molar-refractivity contribution in [1.29, 1.82) is 0 Å². The van der Waals surface area contributed by atoms with Gasteiger partial charge in [-0.05, 0) is 29.7 Å². The van der Waals surface area contributed by atoms with Gasteiger partial charge in [0.1, 0.15) is 0 Å². The summed E-state index contributed by atoms with van der Waals surface area (Å²) in [6.07, 6.45) is 0. The van der Waals surface area contributed by atoms with Gasteiger partial charge in [-0.25, -0.2) is 0 Å². The Morgan fingerprint density at radius 2 is 2.43 bits per heavy atom. The average molecular weight is 281 g/mol. The van der Waals surface area contributed by atoms with Crippen molar-refractivity contribution in [3.8, 4) is 0 Å². The Balaban J connectivity index is 2.43. The van der Waals surface area contributed by atoms with Crippen molar-refractivity contribution in [1.82, 2.24) is 5.32 Å². The van der Waals surface area contributed by atoms with Gasteiger partial charge in [-0.1, -0.05) is 22.9 Å². The number of nitrogens with one attached hydrogen (secondary N) is 1. The molecule has 0 aliphatic rings. The molecule has 1 unspecified atom stereocenters. The highest BCUT2D eigenvalue weighted by Gasteiger charge is 2.10. The minimum absolute atomic E-state index is 0.226. The number of hydrogen-bond acceptors (Lipinski definition) is 2. The van der Waals surface area contributed by atoms with Crippen LogP contribution in [0.25, 0.3) is 0 Å². The standard InChI is InChI=1S/C9H11BrClNO2/c1-6(4-10)5-12-9(13)7-2-3-8(11)14-7/h2-3,6H,4-5H2,1H3,(H,12,13). The summed E-state index contributed by atoms with van der Waals surface area (Å²) in [5.41, 5.74) is 0. The molecule has 0 radical (unpaired) electrons. The lowest BCUT2D eigenvalue weighted by Crippen LogP contribution is -2.28. The second-order valence-corrected chi connectivity index (χ2v) is 4.09. The molecule has 78 valence electrons. The predicted molar refractivity (Wildman–Crippen MR) is 59.0 cm³/mol. The van der Waals surface area contributed by atoms with E-state index in [0.717, 1.165) is 5.33 Å². The highest BCUT2D eigenvalue weighted by Crippen LogP contribution is 2.12. The highest BCUT2D eigenvalue weighted by atomic mass is 79.9. The van der Waals surface area contributed by atoms with Gasteiger partial charge in [0.05, 0.1) is 0 Å². The van der Waals surface area contributed by atoms with Crippen LogP contribution in [0.3, 0.4) is 0 Å². The molecule has 0 aliphatic heterocycles. The van der Waals surface area contributed by atoms with Crippen LogP contribution >= 0.6 is 27.5 Å². The monoisotopic (exact) mass is 279 g/mol. The van der Waals surface area contributed by atoms with Crippen molar-refractivity contribution in [2.75, 3.05) is 11.9 Å². The Morgan fingerprint density at radius 3 is 2.93 bits per heavy atom. The lowest BCUT2D eigenvalue weighted by molar-refractivity contribution is 0.0921. The molecule has 0 aliphatic carbocycles. The maximum atomic E-state index is 11.4. The Labute approximate surface area is 95.9 Å². The van der Waals surface area contributed by atoms with Gasteiger partial charge in [0.15, 0.2) is 11.0 Å². The molecular weight excluding hydrogens is 269 g/mol. The van der Waals surface area contributed by atoms with Crippen LogP contribution in [0.5, 0.6) is 0 Å². The number of carbonyl (C=O) groups is 1. The SMILES string of the molecule is CC(CBr)CNC(=O)c1ccc(Cl)o1. The Hall–Kier alpha value is -0.480. The third-order valence-corrected chi connectivity index (χ3v) is 2.98. The van der Waals surface area contributed by atoms with Gasteiger partial charge in [-0.3, -0.25) is 4.79 Å². The summed E-state index contributed by atoms with van der Waals surface area (Å²) in [7, 11) is 0. The molecule has 0 saturated carbocycles. The van der Waals surface area contributed by atoms with Crippen molar-refractivity contribution < 1.29 is 9.21 Å². The van der Waals surface area contributed by atoms with E-state index in [-0.39, 0.29) is 16.9 Å². The van der Waals surface area contributed by atoms with Gasteiger partial charge in [-0.2, -0.15) is 0 Å². The minimum Gasteiger partial charge on any atom is -0.440 e. The van der Waals surface area contributed by atoms with Gasteiger partial charge < -0.3 is 9.73 Å². The van der Waals surface area contributed by atoms with Gasteiger partial charge in [0.25, 0.3) is 5.91 Å². The van der Waals surface area contributed by atoms with Crippen LogP contribution in [-0.4, -0.2) is 17.8 Å². The van der Waals surface area contributed by atoms with E-state index in [4.69, 9.17) is 16.0 Å². The van der Waals surface area contributed by atoms with Crippen LogP contribution in [0.15, 0.2) is 16.5 Å². The second-order valence-electron chi connectivity index (χ2n) is 3.07. The first kappa shape index (κ1) is 11.6. The summed E-state index contributed by atoms with van der Waals surface area (Å²) in [4.78, 5) is 11.4. The zero-order chi connectivity index (χ0) is 10.6. The van der Waals surface area contributed by atoms with E-state index in [9.17, 15) is 4.79 Å². The summed E-state index contributed by atoms with van der Waals surface area (Å²) < 4.78 is 4.95. The average Bonchev–Trinajstić information content (AvgIpc) is 2.60. The zero-order valence-corrected chi connectivity index (χ0v) is 10.1. The smallest absolute Gasteiger partial charge is 0.287 e. The molecular formula is C9H11BrClNO2. The lowest BCUT2D eigenvalue weighted by atomic mass is 10.2. The van der Waals surface area contributed by atoms with Gasteiger partial charge in [-0.15, -0.1) is 0 Å². The number of rotatable bonds is 4. The number of halogens is 2. The zero-order valence-electron chi connectivity index (χ0n) is 7.72. The molecule has 0 aromatic carbocycles. The van der Waals surface area contributed by atoms with E-state index in [0.29, 0.717) is 12.5 Å². The summed E-state index contributed by atoms with van der Waals surface area (Å²) in [5.74, 6) is 0.408. The number of carbonyl (C=O) groups excluding carboxylic acids is 1. The predicted octanol–water partition coefficient (Wildman–Crippen LogP) is 2.69. The highest BCUT2D eigenvalue weighted by molar-refractivity contribution is 9.09. The molecule has 0 fully saturated rings. The Kier molecular flexibility index (Phi) is 4.48. The molecule has 1 amide bonds. The van der Waals surface area contributed by atoms with Crippen molar-refractivity contribution in [3.05, 3.63) is 23.1 Å². The Morgan fingerprint density at radius 1 is 1.71 bits per heavy atom. The fourth-order valence-corrected chi connectivity index (χ4v) is 1.22. The molecule has 1 atom stereocenters. The van der Waals surface area contributed by atoms with Crippen molar-refractivity contribution in [2.45, 2.75) is 6.92 Å². The molecule has 0 bridgehead atoms. The van der Waals surface area contributed by atoms with Crippen molar-refractivity contribution in [2.24, 2.45) is 5.92 Å².